The van der Waals surface area contributed by atoms with Gasteiger partial charge in [0.15, 0.2) is 5.96 Å². The van der Waals surface area contributed by atoms with Gasteiger partial charge in [-0.2, -0.15) is 0 Å². The van der Waals surface area contributed by atoms with Gasteiger partial charge in [-0.3, -0.25) is 4.99 Å². The van der Waals surface area contributed by atoms with Crippen molar-refractivity contribution in [3.05, 3.63) is 64.7 Å². The lowest BCUT2D eigenvalue weighted by molar-refractivity contribution is 0.111. The summed E-state index contributed by atoms with van der Waals surface area (Å²) in [6.45, 7) is 0.891. The summed E-state index contributed by atoms with van der Waals surface area (Å²) in [5.41, 5.74) is 8.84. The number of para-hydroxylation sites is 1. The first-order valence-corrected chi connectivity index (χ1v) is 7.94. The highest BCUT2D eigenvalue weighted by Gasteiger charge is 2.11. The Labute approximate surface area is 147 Å². The van der Waals surface area contributed by atoms with Gasteiger partial charge >= 0.3 is 0 Å². The van der Waals surface area contributed by atoms with Crippen LogP contribution in [0.25, 0.3) is 0 Å². The summed E-state index contributed by atoms with van der Waals surface area (Å²) in [5.74, 6) is 0.322. The summed E-state index contributed by atoms with van der Waals surface area (Å²) in [6.07, 6.45) is -0.210. The molecule has 0 saturated carbocycles. The lowest BCUT2D eigenvalue weighted by Gasteiger charge is -2.15. The number of rotatable bonds is 7. The van der Waals surface area contributed by atoms with Crippen LogP contribution >= 0.6 is 11.6 Å². The number of nitrogens with zero attached hydrogens (tertiary/aromatic N) is 1. The van der Waals surface area contributed by atoms with Crippen LogP contribution in [0.1, 0.15) is 17.2 Å². The molecule has 0 radical (unpaired) electrons. The van der Waals surface area contributed by atoms with Crippen molar-refractivity contribution in [3.63, 3.8) is 0 Å². The van der Waals surface area contributed by atoms with Crippen molar-refractivity contribution >= 4 is 23.2 Å². The minimum Gasteiger partial charge on any atom is -0.380 e. The third-order valence-electron chi connectivity index (χ3n) is 3.51. The van der Waals surface area contributed by atoms with Crippen LogP contribution in [0.2, 0.25) is 5.02 Å². The highest BCUT2D eigenvalue weighted by Crippen LogP contribution is 2.21. The fourth-order valence-electron chi connectivity index (χ4n) is 2.31. The van der Waals surface area contributed by atoms with Gasteiger partial charge in [0.1, 0.15) is 6.10 Å². The maximum atomic E-state index is 6.02. The standard InChI is InChI=1S/C18H22ClN3O2/c1-23-12-14-6-3-4-9-16(14)22-18(20)21-11-17(24-2)13-7-5-8-15(19)10-13/h3-10,17H,11-12H2,1-2H3,(H3,20,21,22). The Kier molecular flexibility index (Phi) is 7.06. The number of benzene rings is 2. The number of nitrogens with one attached hydrogen (secondary N) is 1. The minimum atomic E-state index is -0.210. The monoisotopic (exact) mass is 347 g/mol. The highest BCUT2D eigenvalue weighted by atomic mass is 35.5. The van der Waals surface area contributed by atoms with Gasteiger partial charge in [0, 0.05) is 30.5 Å². The molecule has 0 saturated heterocycles. The Morgan fingerprint density at radius 1 is 1.21 bits per heavy atom. The number of ether oxygens (including phenoxy) is 2. The van der Waals surface area contributed by atoms with Gasteiger partial charge in [-0.05, 0) is 23.8 Å². The van der Waals surface area contributed by atoms with Gasteiger partial charge in [0.25, 0.3) is 0 Å². The molecule has 0 aliphatic heterocycles. The number of hydrogen-bond acceptors (Lipinski definition) is 3. The second-order valence-corrected chi connectivity index (χ2v) is 5.66. The Morgan fingerprint density at radius 2 is 2.00 bits per heavy atom. The van der Waals surface area contributed by atoms with E-state index >= 15 is 0 Å². The van der Waals surface area contributed by atoms with Crippen LogP contribution in [0.15, 0.2) is 53.5 Å². The second-order valence-electron chi connectivity index (χ2n) is 5.22. The van der Waals surface area contributed by atoms with E-state index in [-0.39, 0.29) is 6.10 Å². The van der Waals surface area contributed by atoms with Crippen molar-refractivity contribution in [2.75, 3.05) is 26.1 Å². The smallest absolute Gasteiger partial charge is 0.193 e. The maximum absolute atomic E-state index is 6.02. The molecule has 0 spiro atoms. The summed E-state index contributed by atoms with van der Waals surface area (Å²) >= 11 is 6.02. The number of anilines is 1. The van der Waals surface area contributed by atoms with Crippen LogP contribution < -0.4 is 11.1 Å². The molecule has 3 N–H and O–H groups in total. The van der Waals surface area contributed by atoms with Crippen LogP contribution in [0.4, 0.5) is 5.69 Å². The van der Waals surface area contributed by atoms with Gasteiger partial charge in [0.2, 0.25) is 0 Å². The molecule has 6 heteroatoms. The van der Waals surface area contributed by atoms with E-state index in [4.69, 9.17) is 26.8 Å². The molecule has 1 unspecified atom stereocenters. The largest absolute Gasteiger partial charge is 0.380 e. The molecule has 24 heavy (non-hydrogen) atoms. The molecule has 5 nitrogen and oxygen atoms in total. The zero-order chi connectivity index (χ0) is 17.4. The average molecular weight is 348 g/mol. The summed E-state index contributed by atoms with van der Waals surface area (Å²) < 4.78 is 10.7. The lowest BCUT2D eigenvalue weighted by atomic mass is 10.1. The second kappa shape index (κ2) is 9.27. The van der Waals surface area contributed by atoms with E-state index in [1.807, 2.05) is 48.5 Å². The summed E-state index contributed by atoms with van der Waals surface area (Å²) in [5, 5.41) is 3.77. The molecule has 1 atom stereocenters. The van der Waals surface area contributed by atoms with Crippen molar-refractivity contribution in [1.82, 2.24) is 0 Å². The zero-order valence-electron chi connectivity index (χ0n) is 13.8. The van der Waals surface area contributed by atoms with E-state index < -0.39 is 0 Å². The number of guanidine groups is 1. The molecule has 2 aromatic carbocycles. The molecule has 0 aliphatic rings. The van der Waals surface area contributed by atoms with Gasteiger partial charge in [0.05, 0.1) is 13.2 Å². The van der Waals surface area contributed by atoms with E-state index in [2.05, 4.69) is 10.3 Å². The third kappa shape index (κ3) is 5.23. The number of halogens is 1. The van der Waals surface area contributed by atoms with E-state index in [0.29, 0.717) is 24.1 Å². The molecule has 0 heterocycles. The van der Waals surface area contributed by atoms with E-state index in [1.54, 1.807) is 14.2 Å². The van der Waals surface area contributed by atoms with Gasteiger partial charge in [-0.25, -0.2) is 0 Å². The maximum Gasteiger partial charge on any atom is 0.193 e. The molecular formula is C18H22ClN3O2. The minimum absolute atomic E-state index is 0.210. The van der Waals surface area contributed by atoms with E-state index in [0.717, 1.165) is 16.8 Å². The van der Waals surface area contributed by atoms with Crippen molar-refractivity contribution < 1.29 is 9.47 Å². The molecule has 0 amide bonds. The van der Waals surface area contributed by atoms with Gasteiger partial charge in [-0.15, -0.1) is 0 Å². The number of hydrogen-bond donors (Lipinski definition) is 2. The average Bonchev–Trinajstić information content (AvgIpc) is 2.57. The Balaban J connectivity index is 2.05. The Bertz CT molecular complexity index is 691. The number of methoxy groups -OCH3 is 2. The van der Waals surface area contributed by atoms with Crippen molar-refractivity contribution in [1.29, 1.82) is 0 Å². The molecule has 2 aromatic rings. The summed E-state index contributed by atoms with van der Waals surface area (Å²) in [4.78, 5) is 4.37. The van der Waals surface area contributed by atoms with Crippen molar-refractivity contribution in [2.24, 2.45) is 10.7 Å². The first kappa shape index (κ1) is 18.3. The van der Waals surface area contributed by atoms with Crippen LogP contribution in [0, 0.1) is 0 Å². The molecule has 0 aromatic heterocycles. The number of nitrogens with two attached hydrogens (primary N) is 1. The molecule has 128 valence electrons. The quantitative estimate of drug-likeness (QED) is 0.593. The first-order valence-electron chi connectivity index (χ1n) is 7.56. The molecule has 0 aliphatic carbocycles. The van der Waals surface area contributed by atoms with Crippen LogP contribution in [0.3, 0.4) is 0 Å². The SMILES string of the molecule is COCc1ccccc1NC(N)=NCC(OC)c1cccc(Cl)c1. The van der Waals surface area contributed by atoms with Gasteiger partial charge < -0.3 is 20.5 Å². The fourth-order valence-corrected chi connectivity index (χ4v) is 2.50. The fraction of sp³-hybridized carbons (Fsp3) is 0.278. The third-order valence-corrected chi connectivity index (χ3v) is 3.75. The Hall–Kier alpha value is -2.08. The normalized spacial score (nSPS) is 12.9. The summed E-state index contributed by atoms with van der Waals surface area (Å²) in [7, 11) is 3.29. The van der Waals surface area contributed by atoms with E-state index in [9.17, 15) is 0 Å². The Morgan fingerprint density at radius 3 is 2.71 bits per heavy atom. The molecular weight excluding hydrogens is 326 g/mol. The highest BCUT2D eigenvalue weighted by molar-refractivity contribution is 6.30. The van der Waals surface area contributed by atoms with Crippen LogP contribution in [-0.4, -0.2) is 26.7 Å². The van der Waals surface area contributed by atoms with Crippen LogP contribution in [-0.2, 0) is 16.1 Å². The van der Waals surface area contributed by atoms with Gasteiger partial charge in [-0.1, -0.05) is 41.9 Å². The summed E-state index contributed by atoms with van der Waals surface area (Å²) in [6, 6.07) is 15.3. The number of aliphatic imine (C=N–C) groups is 1. The van der Waals surface area contributed by atoms with Crippen molar-refractivity contribution in [3.8, 4) is 0 Å². The predicted octanol–water partition coefficient (Wildman–Crippen LogP) is 3.60. The zero-order valence-corrected chi connectivity index (χ0v) is 14.6. The lowest BCUT2D eigenvalue weighted by Crippen LogP contribution is -2.24. The van der Waals surface area contributed by atoms with E-state index in [1.165, 1.54) is 0 Å². The van der Waals surface area contributed by atoms with Crippen LogP contribution in [0.5, 0.6) is 0 Å². The first-order chi connectivity index (χ1) is 11.6. The van der Waals surface area contributed by atoms with Crippen molar-refractivity contribution in [2.45, 2.75) is 12.7 Å². The molecule has 0 fully saturated rings. The topological polar surface area (TPSA) is 68.9 Å². The molecule has 0 bridgehead atoms. The molecule has 2 rings (SSSR count). The predicted molar refractivity (Wildman–Crippen MR) is 98.5 cm³/mol.